The van der Waals surface area contributed by atoms with Crippen molar-refractivity contribution < 1.29 is 14.0 Å². The van der Waals surface area contributed by atoms with Crippen molar-refractivity contribution in [3.05, 3.63) is 66.5 Å². The number of likely N-dealkylation sites (tertiary alicyclic amines) is 1. The third kappa shape index (κ3) is 7.34. The lowest BCUT2D eigenvalue weighted by Crippen LogP contribution is -2.47. The molecule has 5 N–H and O–H groups in total. The number of aryl methyl sites for hydroxylation is 1. The zero-order valence-corrected chi connectivity index (χ0v) is 28.1. The number of rotatable bonds is 14. The summed E-state index contributed by atoms with van der Waals surface area (Å²) >= 11 is 0. The first-order chi connectivity index (χ1) is 23.3. The molecule has 2 unspecified atom stereocenters. The molecule has 0 aliphatic carbocycles. The third-order valence-corrected chi connectivity index (χ3v) is 8.96. The molecule has 2 amide bonds. The van der Waals surface area contributed by atoms with E-state index in [1.54, 1.807) is 7.05 Å². The van der Waals surface area contributed by atoms with Gasteiger partial charge in [0.05, 0.1) is 42.4 Å². The van der Waals surface area contributed by atoms with Crippen LogP contribution < -0.4 is 16.0 Å². The number of benzene rings is 2. The van der Waals surface area contributed by atoms with Gasteiger partial charge in [0.15, 0.2) is 5.58 Å². The quantitative estimate of drug-likeness (QED) is 0.107. The Labute approximate surface area is 280 Å². The molecule has 5 aromatic rings. The zero-order chi connectivity index (χ0) is 33.6. The van der Waals surface area contributed by atoms with Crippen LogP contribution in [0.25, 0.3) is 45.1 Å². The molecule has 6 rings (SSSR count). The first-order valence-electron chi connectivity index (χ1n) is 16.8. The molecule has 0 radical (unpaired) electrons. The molecule has 0 spiro atoms. The van der Waals surface area contributed by atoms with Gasteiger partial charge in [-0.2, -0.15) is 0 Å². The Kier molecular flexibility index (Phi) is 10.3. The van der Waals surface area contributed by atoms with E-state index in [1.165, 1.54) is 0 Å². The van der Waals surface area contributed by atoms with Crippen molar-refractivity contribution >= 4 is 22.9 Å². The molecule has 3 aromatic heterocycles. The number of imidazole rings is 2. The monoisotopic (exact) mass is 651 g/mol. The second-order valence-corrected chi connectivity index (χ2v) is 12.7. The topological polar surface area (TPSA) is 157 Å². The van der Waals surface area contributed by atoms with E-state index in [1.807, 2.05) is 66.8 Å². The number of likely N-dealkylation sites (N-methyl/N-ethyl adjacent to an activating group) is 2. The smallest absolute Gasteiger partial charge is 0.240 e. The maximum absolute atomic E-state index is 13.3. The van der Waals surface area contributed by atoms with Gasteiger partial charge in [-0.3, -0.25) is 9.59 Å². The number of amides is 2. The summed E-state index contributed by atoms with van der Waals surface area (Å²) in [5, 5.41) is 8.93. The summed E-state index contributed by atoms with van der Waals surface area (Å²) in [6.07, 6.45) is 8.17. The van der Waals surface area contributed by atoms with E-state index >= 15 is 0 Å². The van der Waals surface area contributed by atoms with Gasteiger partial charge in [0.1, 0.15) is 17.2 Å². The number of aromatic amines is 2. The highest BCUT2D eigenvalue weighted by Gasteiger charge is 2.36. The third-order valence-electron chi connectivity index (χ3n) is 8.96. The van der Waals surface area contributed by atoms with E-state index in [4.69, 9.17) is 14.4 Å². The van der Waals surface area contributed by atoms with Crippen LogP contribution in [0.1, 0.15) is 57.2 Å². The van der Waals surface area contributed by atoms with E-state index in [9.17, 15) is 9.59 Å². The zero-order valence-electron chi connectivity index (χ0n) is 28.1. The van der Waals surface area contributed by atoms with Crippen molar-refractivity contribution in [2.24, 2.45) is 5.92 Å². The van der Waals surface area contributed by atoms with Gasteiger partial charge in [0.25, 0.3) is 0 Å². The molecule has 12 heteroatoms. The molecular weight excluding hydrogens is 606 g/mol. The van der Waals surface area contributed by atoms with Crippen molar-refractivity contribution in [1.82, 2.24) is 45.8 Å². The van der Waals surface area contributed by atoms with E-state index in [2.05, 4.69) is 44.7 Å². The van der Waals surface area contributed by atoms with Crippen LogP contribution in [0.4, 0.5) is 0 Å². The largest absolute Gasteiger partial charge is 0.436 e. The van der Waals surface area contributed by atoms with Crippen LogP contribution in [-0.4, -0.2) is 81.4 Å². The van der Waals surface area contributed by atoms with Gasteiger partial charge in [0, 0.05) is 30.6 Å². The molecule has 1 aliphatic heterocycles. The lowest BCUT2D eigenvalue weighted by atomic mass is 10.0. The lowest BCUT2D eigenvalue weighted by Gasteiger charge is -2.29. The summed E-state index contributed by atoms with van der Waals surface area (Å²) in [6.45, 7) is 5.87. The number of unbranched alkanes of at least 4 members (excludes halogenated alkanes) is 1. The van der Waals surface area contributed by atoms with Crippen LogP contribution in [-0.2, 0) is 16.0 Å². The second-order valence-electron chi connectivity index (χ2n) is 12.7. The van der Waals surface area contributed by atoms with Crippen LogP contribution in [0.15, 0.2) is 59.3 Å². The Morgan fingerprint density at radius 2 is 1.73 bits per heavy atom. The maximum Gasteiger partial charge on any atom is 0.240 e. The van der Waals surface area contributed by atoms with Crippen molar-refractivity contribution in [1.29, 1.82) is 0 Å². The minimum atomic E-state index is -0.207. The average molecular weight is 652 g/mol. The van der Waals surface area contributed by atoms with Gasteiger partial charge in [-0.1, -0.05) is 26.0 Å². The van der Waals surface area contributed by atoms with E-state index in [-0.39, 0.29) is 29.8 Å². The number of oxazole rings is 1. The molecular formula is C36H45N9O3. The molecule has 2 aromatic carbocycles. The number of carbonyl (C=O) groups excluding carboxylic acids is 2. The molecule has 2 atom stereocenters. The number of carbonyl (C=O) groups is 2. The molecule has 12 nitrogen and oxygen atoms in total. The van der Waals surface area contributed by atoms with Gasteiger partial charge >= 0.3 is 0 Å². The summed E-state index contributed by atoms with van der Waals surface area (Å²) in [7, 11) is 3.60. The fraction of sp³-hybridized carbons (Fsp3) is 0.417. The Morgan fingerprint density at radius 1 is 0.979 bits per heavy atom. The van der Waals surface area contributed by atoms with E-state index in [0.717, 1.165) is 83.9 Å². The molecule has 252 valence electrons. The lowest BCUT2D eigenvalue weighted by molar-refractivity contribution is -0.135. The number of nitrogens with zero attached hydrogens (tertiary/aromatic N) is 4. The van der Waals surface area contributed by atoms with Gasteiger partial charge in [-0.25, -0.2) is 15.0 Å². The number of nitrogens with one attached hydrogen (secondary N) is 5. The van der Waals surface area contributed by atoms with Crippen LogP contribution in [0.3, 0.4) is 0 Å². The summed E-state index contributed by atoms with van der Waals surface area (Å²) in [6, 6.07) is 13.8. The highest BCUT2D eigenvalue weighted by molar-refractivity contribution is 5.83. The average Bonchev–Trinajstić information content (AvgIpc) is 3.91. The van der Waals surface area contributed by atoms with Gasteiger partial charge < -0.3 is 35.2 Å². The van der Waals surface area contributed by atoms with Crippen molar-refractivity contribution in [3.8, 4) is 34.0 Å². The number of fused-ring (bicyclic) bond motifs is 1. The van der Waals surface area contributed by atoms with Crippen LogP contribution in [0.2, 0.25) is 0 Å². The summed E-state index contributed by atoms with van der Waals surface area (Å²) < 4.78 is 6.12. The van der Waals surface area contributed by atoms with E-state index in [0.29, 0.717) is 24.6 Å². The Bertz CT molecular complexity index is 1840. The van der Waals surface area contributed by atoms with Gasteiger partial charge in [0.2, 0.25) is 17.7 Å². The summed E-state index contributed by atoms with van der Waals surface area (Å²) in [5.74, 6) is 2.64. The van der Waals surface area contributed by atoms with Crippen LogP contribution >= 0.6 is 0 Å². The van der Waals surface area contributed by atoms with Gasteiger partial charge in [-0.15, -0.1) is 0 Å². The highest BCUT2D eigenvalue weighted by Crippen LogP contribution is 2.33. The predicted molar refractivity (Wildman–Crippen MR) is 186 cm³/mol. The first kappa shape index (κ1) is 33.1. The molecule has 1 saturated heterocycles. The van der Waals surface area contributed by atoms with Crippen LogP contribution in [0, 0.1) is 5.92 Å². The molecule has 48 heavy (non-hydrogen) atoms. The second kappa shape index (κ2) is 15.0. The van der Waals surface area contributed by atoms with E-state index < -0.39 is 0 Å². The standard InChI is InChI=1S/C36H45N9O3/c1-22(2)33(38-4)36(47)45-17-7-8-29(45)34-41-20-27(43-34)23-10-12-24(13-11-23)35-44-26-18-25(14-15-30(26)48-35)28-19-40-31(42-28)9-5-6-16-39-32(46)21-37-3/h10-15,18-20,22,29,33,37-38H,5-9,16-17,21H2,1-4H3,(H,39,46)(H,40,42)(H,41,43). The summed E-state index contributed by atoms with van der Waals surface area (Å²) in [4.78, 5) is 47.7. The minimum Gasteiger partial charge on any atom is -0.436 e. The Morgan fingerprint density at radius 3 is 2.50 bits per heavy atom. The summed E-state index contributed by atoms with van der Waals surface area (Å²) in [5.41, 5.74) is 6.17. The normalized spacial score (nSPS) is 15.4. The molecule has 4 heterocycles. The predicted octanol–water partition coefficient (Wildman–Crippen LogP) is 4.84. The number of hydrogen-bond donors (Lipinski definition) is 5. The Hall–Kier alpha value is -4.81. The van der Waals surface area contributed by atoms with Gasteiger partial charge in [-0.05, 0) is 81.6 Å². The fourth-order valence-corrected chi connectivity index (χ4v) is 6.40. The number of hydrogen-bond acceptors (Lipinski definition) is 8. The number of aromatic nitrogens is 5. The molecule has 0 bridgehead atoms. The SMILES string of the molecule is CNCC(=O)NCCCCc1ncc(-c2ccc3oc(-c4ccc(-c5cnc(C6CCCN6C(=O)C(NC)C(C)C)[nH]5)cc4)nc3c2)[nH]1. The molecule has 0 saturated carbocycles. The molecule has 1 aliphatic rings. The fourth-order valence-electron chi connectivity index (χ4n) is 6.40. The minimum absolute atomic E-state index is 0.0104. The molecule has 1 fully saturated rings. The highest BCUT2D eigenvalue weighted by atomic mass is 16.3. The first-order valence-corrected chi connectivity index (χ1v) is 16.8. The Balaban J connectivity index is 1.09. The van der Waals surface area contributed by atoms with Crippen molar-refractivity contribution in [2.75, 3.05) is 33.7 Å². The van der Waals surface area contributed by atoms with Crippen LogP contribution in [0.5, 0.6) is 0 Å². The number of H-pyrrole nitrogens is 2. The van der Waals surface area contributed by atoms with Crippen molar-refractivity contribution in [3.63, 3.8) is 0 Å². The maximum atomic E-state index is 13.3. The van der Waals surface area contributed by atoms with Crippen molar-refractivity contribution in [2.45, 2.75) is 58.0 Å².